The Hall–Kier alpha value is -1.81. The van der Waals surface area contributed by atoms with Gasteiger partial charge < -0.3 is 15.0 Å². The van der Waals surface area contributed by atoms with Gasteiger partial charge in [0.25, 0.3) is 0 Å². The van der Waals surface area contributed by atoms with Gasteiger partial charge in [-0.1, -0.05) is 36.9 Å². The van der Waals surface area contributed by atoms with E-state index in [4.69, 9.17) is 4.74 Å². The van der Waals surface area contributed by atoms with Crippen LogP contribution in [-0.2, 0) is 16.1 Å². The quantitative estimate of drug-likeness (QED) is 0.814. The average Bonchev–Trinajstić information content (AvgIpc) is 2.38. The van der Waals surface area contributed by atoms with E-state index in [1.165, 1.54) is 0 Å². The number of carbonyl (C=O) groups is 1. The van der Waals surface area contributed by atoms with Crippen molar-refractivity contribution in [2.45, 2.75) is 19.5 Å². The van der Waals surface area contributed by atoms with E-state index >= 15 is 0 Å². The maximum Gasteiger partial charge on any atom is 0.247 e. The summed E-state index contributed by atoms with van der Waals surface area (Å²) in [6.07, 6.45) is 0. The normalized spacial score (nSPS) is 11.7. The zero-order chi connectivity index (χ0) is 14.3. The van der Waals surface area contributed by atoms with Gasteiger partial charge in [-0.15, -0.1) is 0 Å². The highest BCUT2D eigenvalue weighted by Gasteiger charge is 2.21. The Morgan fingerprint density at radius 1 is 1.42 bits per heavy atom. The van der Waals surface area contributed by atoms with E-state index in [-0.39, 0.29) is 5.91 Å². The number of methoxy groups -OCH3 is 1. The lowest BCUT2D eigenvalue weighted by Gasteiger charge is -2.25. The second-order valence-electron chi connectivity index (χ2n) is 4.61. The molecule has 4 heteroatoms. The van der Waals surface area contributed by atoms with Gasteiger partial charge in [-0.3, -0.25) is 4.79 Å². The van der Waals surface area contributed by atoms with Crippen LogP contribution in [0.5, 0.6) is 0 Å². The third kappa shape index (κ3) is 5.14. The van der Waals surface area contributed by atoms with E-state index in [9.17, 15) is 4.79 Å². The van der Waals surface area contributed by atoms with Crippen LogP contribution in [0.4, 0.5) is 0 Å². The molecule has 1 aromatic rings. The second-order valence-corrected chi connectivity index (χ2v) is 4.61. The van der Waals surface area contributed by atoms with E-state index in [0.717, 1.165) is 11.3 Å². The van der Waals surface area contributed by atoms with Crippen molar-refractivity contribution in [2.75, 3.05) is 20.8 Å². The van der Waals surface area contributed by atoms with Crippen LogP contribution in [0.1, 0.15) is 12.5 Å². The highest BCUT2D eigenvalue weighted by atomic mass is 16.5. The molecule has 0 radical (unpaired) electrons. The van der Waals surface area contributed by atoms with Crippen molar-refractivity contribution in [2.24, 2.45) is 0 Å². The molecule has 0 aliphatic rings. The van der Waals surface area contributed by atoms with Crippen molar-refractivity contribution >= 4 is 5.91 Å². The molecule has 1 rings (SSSR count). The molecule has 0 aromatic heterocycles. The van der Waals surface area contributed by atoms with Crippen molar-refractivity contribution in [3.8, 4) is 0 Å². The number of benzene rings is 1. The molecule has 0 fully saturated rings. The van der Waals surface area contributed by atoms with Gasteiger partial charge in [0, 0.05) is 26.4 Å². The summed E-state index contributed by atoms with van der Waals surface area (Å²) in [6.45, 7) is 6.50. The summed E-state index contributed by atoms with van der Waals surface area (Å²) in [5.41, 5.74) is 1.85. The van der Waals surface area contributed by atoms with Crippen molar-refractivity contribution in [1.29, 1.82) is 0 Å². The zero-order valence-electron chi connectivity index (χ0n) is 11.8. The predicted molar refractivity (Wildman–Crippen MR) is 76.5 cm³/mol. The number of ether oxygens (including phenoxy) is 1. The molecule has 1 atom stereocenters. The number of allylic oxidation sites excluding steroid dienone is 1. The Morgan fingerprint density at radius 2 is 2.05 bits per heavy atom. The fourth-order valence-electron chi connectivity index (χ4n) is 1.84. The Kier molecular flexibility index (Phi) is 6.09. The first kappa shape index (κ1) is 15.2. The number of likely N-dealkylation sites (N-methyl/N-ethyl adjacent to an activating group) is 1. The standard InChI is InChI=1S/C15H22N2O2/c1-12(2)16-14(11-19-4)15(18)17(3)10-13-8-6-5-7-9-13/h5-9,14,16H,1,10-11H2,2-4H3. The first-order valence-corrected chi connectivity index (χ1v) is 6.24. The van der Waals surface area contributed by atoms with Gasteiger partial charge in [0.2, 0.25) is 5.91 Å². The van der Waals surface area contributed by atoms with Crippen LogP contribution < -0.4 is 5.32 Å². The van der Waals surface area contributed by atoms with Crippen molar-refractivity contribution in [1.82, 2.24) is 10.2 Å². The fraction of sp³-hybridized carbons (Fsp3) is 0.400. The minimum absolute atomic E-state index is 0.00583. The van der Waals surface area contributed by atoms with E-state index in [2.05, 4.69) is 11.9 Å². The van der Waals surface area contributed by atoms with E-state index in [1.54, 1.807) is 19.1 Å². The number of hydrogen-bond donors (Lipinski definition) is 1. The SMILES string of the molecule is C=C(C)NC(COC)C(=O)N(C)Cc1ccccc1. The van der Waals surface area contributed by atoms with E-state index in [0.29, 0.717) is 13.2 Å². The van der Waals surface area contributed by atoms with Crippen LogP contribution >= 0.6 is 0 Å². The van der Waals surface area contributed by atoms with Gasteiger partial charge in [-0.05, 0) is 12.5 Å². The molecule has 1 aromatic carbocycles. The lowest BCUT2D eigenvalue weighted by atomic mass is 10.2. The summed E-state index contributed by atoms with van der Waals surface area (Å²) in [7, 11) is 3.37. The first-order valence-electron chi connectivity index (χ1n) is 6.24. The molecule has 4 nitrogen and oxygen atoms in total. The summed E-state index contributed by atoms with van der Waals surface area (Å²) in [5.74, 6) is -0.00583. The van der Waals surface area contributed by atoms with Crippen LogP contribution in [0.3, 0.4) is 0 Å². The van der Waals surface area contributed by atoms with Crippen LogP contribution in [-0.4, -0.2) is 37.6 Å². The summed E-state index contributed by atoms with van der Waals surface area (Å²) in [4.78, 5) is 14.0. The molecular weight excluding hydrogens is 240 g/mol. The number of hydrogen-bond acceptors (Lipinski definition) is 3. The van der Waals surface area contributed by atoms with Crippen LogP contribution in [0.2, 0.25) is 0 Å². The molecule has 0 saturated carbocycles. The van der Waals surface area contributed by atoms with Gasteiger partial charge in [-0.2, -0.15) is 0 Å². The predicted octanol–water partition coefficient (Wildman–Crippen LogP) is 1.78. The van der Waals surface area contributed by atoms with Crippen molar-refractivity contribution < 1.29 is 9.53 Å². The molecular formula is C15H22N2O2. The van der Waals surface area contributed by atoms with E-state index < -0.39 is 6.04 Å². The van der Waals surface area contributed by atoms with Crippen LogP contribution in [0, 0.1) is 0 Å². The highest BCUT2D eigenvalue weighted by Crippen LogP contribution is 2.05. The maximum absolute atomic E-state index is 12.3. The van der Waals surface area contributed by atoms with Gasteiger partial charge in [-0.25, -0.2) is 0 Å². The molecule has 0 heterocycles. The molecule has 1 unspecified atom stereocenters. The monoisotopic (exact) mass is 262 g/mol. The molecule has 1 amide bonds. The third-order valence-electron chi connectivity index (χ3n) is 2.69. The summed E-state index contributed by atoms with van der Waals surface area (Å²) >= 11 is 0. The molecule has 19 heavy (non-hydrogen) atoms. The molecule has 0 spiro atoms. The molecule has 0 aliphatic heterocycles. The second kappa shape index (κ2) is 7.59. The number of amides is 1. The molecule has 104 valence electrons. The first-order chi connectivity index (χ1) is 9.04. The summed E-state index contributed by atoms with van der Waals surface area (Å²) < 4.78 is 5.08. The van der Waals surface area contributed by atoms with Gasteiger partial charge in [0.1, 0.15) is 6.04 Å². The number of rotatable bonds is 7. The van der Waals surface area contributed by atoms with Gasteiger partial charge in [0.05, 0.1) is 6.61 Å². The topological polar surface area (TPSA) is 41.6 Å². The number of nitrogens with zero attached hydrogens (tertiary/aromatic N) is 1. The van der Waals surface area contributed by atoms with Crippen molar-refractivity contribution in [3.63, 3.8) is 0 Å². The third-order valence-corrected chi connectivity index (χ3v) is 2.69. The Labute approximate surface area is 115 Å². The minimum Gasteiger partial charge on any atom is -0.382 e. The smallest absolute Gasteiger partial charge is 0.247 e. The van der Waals surface area contributed by atoms with Crippen LogP contribution in [0.25, 0.3) is 0 Å². The largest absolute Gasteiger partial charge is 0.382 e. The molecule has 0 bridgehead atoms. The summed E-state index contributed by atoms with van der Waals surface area (Å²) in [5, 5.41) is 3.04. The molecule has 0 aliphatic carbocycles. The number of nitrogens with one attached hydrogen (secondary N) is 1. The van der Waals surface area contributed by atoms with E-state index in [1.807, 2.05) is 37.3 Å². The molecule has 1 N–H and O–H groups in total. The Balaban J connectivity index is 2.65. The lowest BCUT2D eigenvalue weighted by molar-refractivity contribution is -0.133. The fourth-order valence-corrected chi connectivity index (χ4v) is 1.84. The minimum atomic E-state index is -0.392. The Bertz CT molecular complexity index is 417. The average molecular weight is 262 g/mol. The van der Waals surface area contributed by atoms with Gasteiger partial charge in [0.15, 0.2) is 0 Å². The molecule has 0 saturated heterocycles. The zero-order valence-corrected chi connectivity index (χ0v) is 11.8. The lowest BCUT2D eigenvalue weighted by Crippen LogP contribution is -2.46. The highest BCUT2D eigenvalue weighted by molar-refractivity contribution is 5.82. The van der Waals surface area contributed by atoms with Crippen molar-refractivity contribution in [3.05, 3.63) is 48.2 Å². The van der Waals surface area contributed by atoms with Gasteiger partial charge >= 0.3 is 0 Å². The Morgan fingerprint density at radius 3 is 2.58 bits per heavy atom. The van der Waals surface area contributed by atoms with Crippen LogP contribution in [0.15, 0.2) is 42.6 Å². The summed E-state index contributed by atoms with van der Waals surface area (Å²) in [6, 6.07) is 9.50. The maximum atomic E-state index is 12.3. The number of carbonyl (C=O) groups excluding carboxylic acids is 1.